The summed E-state index contributed by atoms with van der Waals surface area (Å²) < 4.78 is 14.8. The maximum absolute atomic E-state index is 5.17. The third-order valence-electron chi connectivity index (χ3n) is 0.944. The molecular weight excluding hydrogens is 166 g/mol. The molecule has 0 aliphatic rings. The topological polar surface area (TPSA) is 53.7 Å². The normalized spacial score (nSPS) is 10.4. The van der Waals surface area contributed by atoms with Gasteiger partial charge in [-0.1, -0.05) is 11.9 Å². The van der Waals surface area contributed by atoms with E-state index in [0.717, 1.165) is 5.75 Å². The van der Waals surface area contributed by atoms with Crippen LogP contribution in [0.4, 0.5) is 0 Å². The van der Waals surface area contributed by atoms with Gasteiger partial charge in [0.25, 0.3) is 0 Å². The molecule has 0 rings (SSSR count). The Hall–Kier alpha value is 0.190. The van der Waals surface area contributed by atoms with Crippen molar-refractivity contribution in [2.24, 2.45) is 5.14 Å². The van der Waals surface area contributed by atoms with Crippen molar-refractivity contribution in [2.45, 2.75) is 0 Å². The molecule has 0 saturated carbocycles. The van der Waals surface area contributed by atoms with E-state index in [1.54, 1.807) is 7.11 Å². The molecule has 5 heteroatoms. The Morgan fingerprint density at radius 1 is 1.18 bits per heavy atom. The van der Waals surface area contributed by atoms with Crippen LogP contribution in [0.5, 0.6) is 0 Å². The van der Waals surface area contributed by atoms with E-state index in [1.807, 2.05) is 0 Å². The molecule has 0 aromatic heterocycles. The molecule has 0 saturated heterocycles. The molecule has 68 valence electrons. The average Bonchev–Trinajstić information content (AvgIpc) is 2.03. The summed E-state index contributed by atoms with van der Waals surface area (Å²) in [6, 6.07) is 0. The van der Waals surface area contributed by atoms with Gasteiger partial charge in [0, 0.05) is 12.9 Å². The largest absolute Gasteiger partial charge is 0.382 e. The molecule has 0 aliphatic heterocycles. The van der Waals surface area contributed by atoms with Gasteiger partial charge in [-0.05, 0) is 0 Å². The van der Waals surface area contributed by atoms with Crippen LogP contribution < -0.4 is 5.14 Å². The highest BCUT2D eigenvalue weighted by Gasteiger charge is 1.87. The van der Waals surface area contributed by atoms with Crippen LogP contribution in [0.15, 0.2) is 0 Å². The van der Waals surface area contributed by atoms with Crippen LogP contribution in [0, 0.1) is 0 Å². The molecule has 0 aliphatic carbocycles. The second-order valence-electron chi connectivity index (χ2n) is 1.80. The Labute approximate surface area is 71.5 Å². The van der Waals surface area contributed by atoms with Gasteiger partial charge in [-0.3, -0.25) is 5.14 Å². The van der Waals surface area contributed by atoms with Crippen LogP contribution in [-0.2, 0) is 14.2 Å². The van der Waals surface area contributed by atoms with Crippen molar-refractivity contribution in [2.75, 3.05) is 39.5 Å². The first kappa shape index (κ1) is 11.2. The quantitative estimate of drug-likeness (QED) is 0.330. The van der Waals surface area contributed by atoms with Gasteiger partial charge in [0.05, 0.1) is 19.8 Å². The third-order valence-corrected chi connectivity index (χ3v) is 1.35. The maximum atomic E-state index is 5.17. The second-order valence-corrected chi connectivity index (χ2v) is 2.54. The molecule has 0 amide bonds. The van der Waals surface area contributed by atoms with Crippen molar-refractivity contribution in [3.63, 3.8) is 0 Å². The summed E-state index contributed by atoms with van der Waals surface area (Å²) in [5.41, 5.74) is 0. The van der Waals surface area contributed by atoms with Crippen LogP contribution in [0.1, 0.15) is 0 Å². The van der Waals surface area contributed by atoms with Crippen LogP contribution >= 0.6 is 11.9 Å². The van der Waals surface area contributed by atoms with Crippen LogP contribution in [0.2, 0.25) is 0 Å². The van der Waals surface area contributed by atoms with E-state index in [4.69, 9.17) is 19.3 Å². The summed E-state index contributed by atoms with van der Waals surface area (Å²) in [5, 5.41) is 5.17. The molecule has 0 unspecified atom stereocenters. The summed E-state index contributed by atoms with van der Waals surface area (Å²) in [6.07, 6.45) is 0. The number of ether oxygens (including phenoxy) is 3. The van der Waals surface area contributed by atoms with E-state index >= 15 is 0 Å². The smallest absolute Gasteiger partial charge is 0.146 e. The summed E-state index contributed by atoms with van der Waals surface area (Å²) in [7, 11) is 1.63. The van der Waals surface area contributed by atoms with Gasteiger partial charge in [0.1, 0.15) is 6.79 Å². The van der Waals surface area contributed by atoms with Gasteiger partial charge in [0.15, 0.2) is 0 Å². The number of hydrogen-bond acceptors (Lipinski definition) is 5. The zero-order valence-electron chi connectivity index (χ0n) is 6.75. The monoisotopic (exact) mass is 181 g/mol. The number of rotatable bonds is 8. The molecule has 0 spiro atoms. The first-order valence-electron chi connectivity index (χ1n) is 3.38. The zero-order chi connectivity index (χ0) is 8.36. The average molecular weight is 181 g/mol. The fraction of sp³-hybridized carbons (Fsp3) is 1.00. The molecule has 0 aromatic carbocycles. The molecule has 0 aromatic rings. The molecule has 0 heterocycles. The predicted molar refractivity (Wildman–Crippen MR) is 45.3 cm³/mol. The van der Waals surface area contributed by atoms with Gasteiger partial charge in [-0.25, -0.2) is 0 Å². The van der Waals surface area contributed by atoms with E-state index in [1.165, 1.54) is 11.9 Å². The highest BCUT2D eigenvalue weighted by Crippen LogP contribution is 1.86. The lowest BCUT2D eigenvalue weighted by Crippen LogP contribution is -2.07. The Balaban J connectivity index is 2.69. The standard InChI is InChI=1S/C6H15NO3S/c1-8-2-3-9-6-10-4-5-11-7/h2-7H2,1H3. The lowest BCUT2D eigenvalue weighted by molar-refractivity contribution is -0.0609. The maximum Gasteiger partial charge on any atom is 0.146 e. The Bertz CT molecular complexity index is 66.8. The van der Waals surface area contributed by atoms with Crippen LogP contribution in [0.3, 0.4) is 0 Å². The molecule has 2 N–H and O–H groups in total. The number of nitrogens with two attached hydrogens (primary N) is 1. The van der Waals surface area contributed by atoms with Crippen LogP contribution in [0.25, 0.3) is 0 Å². The highest BCUT2D eigenvalue weighted by molar-refractivity contribution is 7.97. The highest BCUT2D eigenvalue weighted by atomic mass is 32.2. The minimum atomic E-state index is 0.323. The van der Waals surface area contributed by atoms with Gasteiger partial charge >= 0.3 is 0 Å². The lowest BCUT2D eigenvalue weighted by Gasteiger charge is -2.03. The Kier molecular flexibility index (Phi) is 10.4. The predicted octanol–water partition coefficient (Wildman–Crippen LogP) is 0.230. The molecule has 0 bridgehead atoms. The Morgan fingerprint density at radius 2 is 1.91 bits per heavy atom. The van der Waals surface area contributed by atoms with E-state index in [0.29, 0.717) is 26.6 Å². The third kappa shape index (κ3) is 10.2. The van der Waals surface area contributed by atoms with E-state index in [9.17, 15) is 0 Å². The van der Waals surface area contributed by atoms with Crippen molar-refractivity contribution in [3.05, 3.63) is 0 Å². The SMILES string of the molecule is COCCOCOCCSN. The van der Waals surface area contributed by atoms with E-state index < -0.39 is 0 Å². The first-order chi connectivity index (χ1) is 5.41. The van der Waals surface area contributed by atoms with Gasteiger partial charge < -0.3 is 14.2 Å². The fourth-order valence-electron chi connectivity index (χ4n) is 0.426. The van der Waals surface area contributed by atoms with E-state index in [-0.39, 0.29) is 0 Å². The minimum absolute atomic E-state index is 0.323. The fourth-order valence-corrected chi connectivity index (χ4v) is 0.640. The minimum Gasteiger partial charge on any atom is -0.382 e. The summed E-state index contributed by atoms with van der Waals surface area (Å²) in [4.78, 5) is 0. The van der Waals surface area contributed by atoms with Gasteiger partial charge in [-0.2, -0.15) is 0 Å². The summed E-state index contributed by atoms with van der Waals surface area (Å²) in [5.74, 6) is 0.799. The second kappa shape index (κ2) is 10.2. The number of methoxy groups -OCH3 is 1. The van der Waals surface area contributed by atoms with Crippen LogP contribution in [-0.4, -0.2) is 39.5 Å². The Morgan fingerprint density at radius 3 is 2.55 bits per heavy atom. The van der Waals surface area contributed by atoms with Crippen molar-refractivity contribution < 1.29 is 14.2 Å². The summed E-state index contributed by atoms with van der Waals surface area (Å²) in [6.45, 7) is 2.14. The van der Waals surface area contributed by atoms with Crippen molar-refractivity contribution in [1.82, 2.24) is 0 Å². The molecular formula is C6H15NO3S. The molecule has 0 fully saturated rings. The van der Waals surface area contributed by atoms with E-state index in [2.05, 4.69) is 0 Å². The zero-order valence-corrected chi connectivity index (χ0v) is 7.56. The lowest BCUT2D eigenvalue weighted by atomic mass is 10.8. The molecule has 11 heavy (non-hydrogen) atoms. The first-order valence-corrected chi connectivity index (χ1v) is 4.42. The molecule has 4 nitrogen and oxygen atoms in total. The molecule has 0 atom stereocenters. The van der Waals surface area contributed by atoms with Gasteiger partial charge in [0.2, 0.25) is 0 Å². The summed E-state index contributed by atoms with van der Waals surface area (Å²) >= 11 is 1.26. The van der Waals surface area contributed by atoms with Crippen molar-refractivity contribution >= 4 is 11.9 Å². The van der Waals surface area contributed by atoms with Crippen molar-refractivity contribution in [3.8, 4) is 0 Å². The van der Waals surface area contributed by atoms with Gasteiger partial charge in [-0.15, -0.1) is 0 Å². The van der Waals surface area contributed by atoms with Crippen molar-refractivity contribution in [1.29, 1.82) is 0 Å². The molecule has 0 radical (unpaired) electrons. The number of hydrogen-bond donors (Lipinski definition) is 1.